The third kappa shape index (κ3) is 3.33. The van der Waals surface area contributed by atoms with Crippen LogP contribution in [0, 0.1) is 0 Å². The molecule has 0 fully saturated rings. The Morgan fingerprint density at radius 2 is 1.91 bits per heavy atom. The monoisotopic (exact) mass is 332 g/mol. The molecule has 3 rings (SSSR count). The Balaban J connectivity index is 1.87. The van der Waals surface area contributed by atoms with E-state index in [4.69, 9.17) is 4.74 Å². The van der Waals surface area contributed by atoms with E-state index in [1.54, 1.807) is 18.2 Å². The zero-order valence-corrected chi connectivity index (χ0v) is 14.0. The van der Waals surface area contributed by atoms with Gasteiger partial charge in [0, 0.05) is 13.1 Å². The van der Waals surface area contributed by atoms with Crippen LogP contribution in [-0.2, 0) is 10.0 Å². The van der Waals surface area contributed by atoms with Gasteiger partial charge in [-0.15, -0.1) is 0 Å². The van der Waals surface area contributed by atoms with E-state index in [-0.39, 0.29) is 10.9 Å². The van der Waals surface area contributed by atoms with Crippen LogP contribution in [0.25, 0.3) is 0 Å². The van der Waals surface area contributed by atoms with E-state index in [9.17, 15) is 8.42 Å². The van der Waals surface area contributed by atoms with Crippen molar-refractivity contribution in [2.45, 2.75) is 17.9 Å². The van der Waals surface area contributed by atoms with Crippen molar-refractivity contribution >= 4 is 15.7 Å². The number of anilines is 1. The van der Waals surface area contributed by atoms with Gasteiger partial charge < -0.3 is 9.64 Å². The maximum absolute atomic E-state index is 12.6. The van der Waals surface area contributed by atoms with E-state index in [2.05, 4.69) is 4.72 Å². The lowest BCUT2D eigenvalue weighted by Gasteiger charge is -2.28. The predicted octanol–water partition coefficient (Wildman–Crippen LogP) is 2.55. The van der Waals surface area contributed by atoms with Crippen molar-refractivity contribution in [1.82, 2.24) is 4.72 Å². The Hall–Kier alpha value is -2.05. The van der Waals surface area contributed by atoms with Crippen molar-refractivity contribution < 1.29 is 13.2 Å². The molecule has 1 atom stereocenters. The Morgan fingerprint density at radius 1 is 1.17 bits per heavy atom. The van der Waals surface area contributed by atoms with E-state index >= 15 is 0 Å². The van der Waals surface area contributed by atoms with Gasteiger partial charge in [0.05, 0.1) is 17.1 Å². The van der Waals surface area contributed by atoms with Crippen LogP contribution in [0.3, 0.4) is 0 Å². The average Bonchev–Trinajstić information content (AvgIpc) is 2.55. The van der Waals surface area contributed by atoms with Crippen LogP contribution in [0.4, 0.5) is 5.69 Å². The van der Waals surface area contributed by atoms with Crippen LogP contribution < -0.4 is 14.4 Å². The summed E-state index contributed by atoms with van der Waals surface area (Å²) in [4.78, 5) is 2.25. The van der Waals surface area contributed by atoms with Gasteiger partial charge in [-0.25, -0.2) is 13.1 Å². The van der Waals surface area contributed by atoms with Gasteiger partial charge in [-0.05, 0) is 30.7 Å². The van der Waals surface area contributed by atoms with E-state index in [1.165, 1.54) is 0 Å². The van der Waals surface area contributed by atoms with Crippen LogP contribution >= 0.6 is 0 Å². The van der Waals surface area contributed by atoms with Crippen LogP contribution in [-0.4, -0.2) is 28.6 Å². The molecule has 5 nitrogen and oxygen atoms in total. The average molecular weight is 332 g/mol. The number of nitrogens with zero attached hydrogens (tertiary/aromatic N) is 1. The molecule has 2 aromatic rings. The minimum atomic E-state index is -3.60. The molecule has 0 radical (unpaired) electrons. The summed E-state index contributed by atoms with van der Waals surface area (Å²) in [5, 5.41) is 0. The molecule has 0 aromatic heterocycles. The Kier molecular flexibility index (Phi) is 4.28. The number of benzene rings is 2. The molecule has 0 saturated carbocycles. The molecule has 0 bridgehead atoms. The lowest BCUT2D eigenvalue weighted by atomic mass is 10.1. The fourth-order valence-electron chi connectivity index (χ4n) is 2.61. The summed E-state index contributed by atoms with van der Waals surface area (Å²) in [7, 11) is -1.67. The molecular formula is C17H20N2O3S. The number of ether oxygens (including phenoxy) is 1. The maximum Gasteiger partial charge on any atom is 0.241 e. The summed E-state index contributed by atoms with van der Waals surface area (Å²) in [6.07, 6.45) is 0. The Morgan fingerprint density at radius 3 is 2.65 bits per heavy atom. The molecule has 1 N–H and O–H groups in total. The third-order valence-corrected chi connectivity index (χ3v) is 5.51. The molecule has 0 spiro atoms. The minimum absolute atomic E-state index is 0.247. The summed E-state index contributed by atoms with van der Waals surface area (Å²) in [5.41, 5.74) is 1.72. The number of rotatable bonds is 4. The van der Waals surface area contributed by atoms with Crippen LogP contribution in [0.5, 0.6) is 5.75 Å². The fraction of sp³-hybridized carbons (Fsp3) is 0.294. The molecular weight excluding hydrogens is 312 g/mol. The van der Waals surface area contributed by atoms with E-state index < -0.39 is 10.0 Å². The van der Waals surface area contributed by atoms with Crippen LogP contribution in [0.15, 0.2) is 53.4 Å². The highest BCUT2D eigenvalue weighted by Gasteiger charge is 2.22. The highest BCUT2D eigenvalue weighted by Crippen LogP contribution is 2.33. The summed E-state index contributed by atoms with van der Waals surface area (Å²) >= 11 is 0. The van der Waals surface area contributed by atoms with E-state index in [1.807, 2.05) is 49.2 Å². The molecule has 23 heavy (non-hydrogen) atoms. The summed E-state index contributed by atoms with van der Waals surface area (Å²) in [6, 6.07) is 14.2. The second-order valence-corrected chi connectivity index (χ2v) is 7.37. The standard InChI is InChI=1S/C17H20N2O3S/c1-13(14-6-4-3-5-7-14)18-23(20,21)15-8-9-17-16(12-15)19(2)10-11-22-17/h3-9,12-13,18H,10-11H2,1-2H3. The topological polar surface area (TPSA) is 58.6 Å². The zero-order chi connectivity index (χ0) is 16.4. The predicted molar refractivity (Wildman–Crippen MR) is 90.4 cm³/mol. The first-order valence-electron chi connectivity index (χ1n) is 7.52. The van der Waals surface area contributed by atoms with Crippen molar-refractivity contribution in [3.8, 4) is 5.75 Å². The largest absolute Gasteiger partial charge is 0.490 e. The van der Waals surface area contributed by atoms with Crippen molar-refractivity contribution in [2.24, 2.45) is 0 Å². The highest BCUT2D eigenvalue weighted by molar-refractivity contribution is 7.89. The van der Waals surface area contributed by atoms with Crippen molar-refractivity contribution in [3.63, 3.8) is 0 Å². The third-order valence-electron chi connectivity index (χ3n) is 3.97. The molecule has 2 aromatic carbocycles. The van der Waals surface area contributed by atoms with Crippen LogP contribution in [0.2, 0.25) is 0 Å². The molecule has 1 unspecified atom stereocenters. The second-order valence-electron chi connectivity index (χ2n) is 5.65. The lowest BCUT2D eigenvalue weighted by molar-refractivity contribution is 0.311. The van der Waals surface area contributed by atoms with E-state index in [0.717, 1.165) is 17.8 Å². The van der Waals surface area contributed by atoms with Gasteiger partial charge in [0.2, 0.25) is 10.0 Å². The number of nitrogens with one attached hydrogen (secondary N) is 1. The Bertz CT molecular complexity index is 791. The number of hydrogen-bond acceptors (Lipinski definition) is 4. The van der Waals surface area contributed by atoms with Crippen LogP contribution in [0.1, 0.15) is 18.5 Å². The van der Waals surface area contributed by atoms with Crippen molar-refractivity contribution in [2.75, 3.05) is 25.1 Å². The number of sulfonamides is 1. The Labute approximate surface area is 136 Å². The van der Waals surface area contributed by atoms with Gasteiger partial charge >= 0.3 is 0 Å². The molecule has 1 aliphatic heterocycles. The molecule has 0 aliphatic carbocycles. The first-order valence-corrected chi connectivity index (χ1v) is 9.01. The quantitative estimate of drug-likeness (QED) is 0.935. The zero-order valence-electron chi connectivity index (χ0n) is 13.2. The van der Waals surface area contributed by atoms with Gasteiger partial charge in [-0.3, -0.25) is 0 Å². The number of hydrogen-bond donors (Lipinski definition) is 1. The minimum Gasteiger partial charge on any atom is -0.490 e. The fourth-order valence-corrected chi connectivity index (χ4v) is 3.86. The SMILES string of the molecule is CC(NS(=O)(=O)c1ccc2c(c1)N(C)CCO2)c1ccccc1. The first-order chi connectivity index (χ1) is 11.0. The molecule has 1 aliphatic rings. The normalized spacial score (nSPS) is 15.7. The summed E-state index contributed by atoms with van der Waals surface area (Å²) in [6.45, 7) is 3.18. The summed E-state index contributed by atoms with van der Waals surface area (Å²) < 4.78 is 33.6. The van der Waals surface area contributed by atoms with Gasteiger partial charge in [0.25, 0.3) is 0 Å². The van der Waals surface area contributed by atoms with Crippen molar-refractivity contribution in [3.05, 3.63) is 54.1 Å². The second kappa shape index (κ2) is 6.22. The highest BCUT2D eigenvalue weighted by atomic mass is 32.2. The first kappa shape index (κ1) is 15.8. The maximum atomic E-state index is 12.6. The molecule has 0 saturated heterocycles. The van der Waals surface area contributed by atoms with Gasteiger partial charge in [-0.1, -0.05) is 30.3 Å². The van der Waals surface area contributed by atoms with Gasteiger partial charge in [0.1, 0.15) is 12.4 Å². The lowest BCUT2D eigenvalue weighted by Crippen LogP contribution is -2.30. The molecule has 122 valence electrons. The summed E-state index contributed by atoms with van der Waals surface area (Å²) in [5.74, 6) is 0.716. The molecule has 1 heterocycles. The van der Waals surface area contributed by atoms with E-state index in [0.29, 0.717) is 12.4 Å². The molecule has 0 amide bonds. The van der Waals surface area contributed by atoms with Crippen molar-refractivity contribution in [1.29, 1.82) is 0 Å². The number of likely N-dealkylation sites (N-methyl/N-ethyl adjacent to an activating group) is 1. The number of fused-ring (bicyclic) bond motifs is 1. The molecule has 6 heteroatoms. The smallest absolute Gasteiger partial charge is 0.241 e. The van der Waals surface area contributed by atoms with Gasteiger partial charge in [0.15, 0.2) is 0 Å². The van der Waals surface area contributed by atoms with Gasteiger partial charge in [-0.2, -0.15) is 0 Å².